The van der Waals surface area contributed by atoms with Gasteiger partial charge >= 0.3 is 0 Å². The van der Waals surface area contributed by atoms with Gasteiger partial charge in [0.25, 0.3) is 0 Å². The molecule has 2 nitrogen and oxygen atoms in total. The Labute approximate surface area is 90.8 Å². The minimum Gasteiger partial charge on any atom is -0.497 e. The van der Waals surface area contributed by atoms with E-state index in [1.807, 2.05) is 18.2 Å². The van der Waals surface area contributed by atoms with Gasteiger partial charge in [-0.15, -0.1) is 12.6 Å². The molecule has 1 aromatic carbocycles. The van der Waals surface area contributed by atoms with Crippen molar-refractivity contribution in [3.8, 4) is 5.75 Å². The van der Waals surface area contributed by atoms with Crippen LogP contribution >= 0.6 is 28.6 Å². The smallest absolute Gasteiger partial charge is 0.190 e. The largest absolute Gasteiger partial charge is 0.497 e. The third-order valence-corrected chi connectivity index (χ3v) is 2.50. The fourth-order valence-electron chi connectivity index (χ4n) is 0.961. The maximum atomic E-state index is 10.7. The molecule has 0 amide bonds. The van der Waals surface area contributed by atoms with E-state index in [4.69, 9.17) is 4.74 Å². The topological polar surface area (TPSA) is 26.3 Å². The summed E-state index contributed by atoms with van der Waals surface area (Å²) in [5.74, 6) is 0.766. The summed E-state index contributed by atoms with van der Waals surface area (Å²) >= 11 is 7.06. The van der Waals surface area contributed by atoms with Crippen molar-refractivity contribution in [3.05, 3.63) is 28.2 Å². The Morgan fingerprint density at radius 1 is 1.62 bits per heavy atom. The summed E-state index contributed by atoms with van der Waals surface area (Å²) in [6.07, 6.45) is 0.327. The van der Waals surface area contributed by atoms with Crippen LogP contribution in [0.4, 0.5) is 0 Å². The number of hydrogen-bond acceptors (Lipinski definition) is 2. The van der Waals surface area contributed by atoms with E-state index < -0.39 is 0 Å². The van der Waals surface area contributed by atoms with Crippen molar-refractivity contribution in [2.45, 2.75) is 6.42 Å². The summed E-state index contributed by atoms with van der Waals surface area (Å²) in [5, 5.41) is -0.147. The lowest BCUT2D eigenvalue weighted by atomic mass is 10.1. The first-order valence-corrected chi connectivity index (χ1v) is 4.91. The van der Waals surface area contributed by atoms with E-state index in [9.17, 15) is 4.79 Å². The molecule has 0 aliphatic rings. The molecule has 13 heavy (non-hydrogen) atoms. The Morgan fingerprint density at radius 3 is 2.77 bits per heavy atom. The van der Waals surface area contributed by atoms with Crippen molar-refractivity contribution >= 4 is 33.7 Å². The molecule has 0 unspecified atom stereocenters. The Bertz CT molecular complexity index is 325. The molecule has 0 aliphatic carbocycles. The highest BCUT2D eigenvalue weighted by atomic mass is 79.9. The van der Waals surface area contributed by atoms with Crippen molar-refractivity contribution in [1.29, 1.82) is 0 Å². The molecule has 4 heteroatoms. The third-order valence-electron chi connectivity index (χ3n) is 1.60. The third kappa shape index (κ3) is 3.04. The van der Waals surface area contributed by atoms with Gasteiger partial charge < -0.3 is 4.74 Å². The lowest BCUT2D eigenvalue weighted by molar-refractivity contribution is -0.110. The first-order valence-electron chi connectivity index (χ1n) is 3.67. The van der Waals surface area contributed by atoms with Crippen LogP contribution in [-0.2, 0) is 11.2 Å². The average molecular weight is 261 g/mol. The van der Waals surface area contributed by atoms with Crippen LogP contribution in [0.2, 0.25) is 0 Å². The summed E-state index contributed by atoms with van der Waals surface area (Å²) in [7, 11) is 1.60. The lowest BCUT2D eigenvalue weighted by Gasteiger charge is -2.04. The van der Waals surface area contributed by atoms with E-state index in [1.165, 1.54) is 0 Å². The zero-order chi connectivity index (χ0) is 9.84. The summed E-state index contributed by atoms with van der Waals surface area (Å²) in [6, 6.07) is 5.49. The summed E-state index contributed by atoms with van der Waals surface area (Å²) in [5.41, 5.74) is 0.917. The molecular formula is C9H9BrO2S. The maximum absolute atomic E-state index is 10.7. The Hall–Kier alpha value is -0.480. The second kappa shape index (κ2) is 4.67. The molecule has 0 atom stereocenters. The minimum atomic E-state index is -0.147. The van der Waals surface area contributed by atoms with Crippen molar-refractivity contribution < 1.29 is 9.53 Å². The molecule has 0 fully saturated rings. The number of methoxy groups -OCH3 is 1. The van der Waals surface area contributed by atoms with Crippen LogP contribution in [-0.4, -0.2) is 12.2 Å². The molecule has 0 N–H and O–H groups in total. The second-order valence-electron chi connectivity index (χ2n) is 2.53. The van der Waals surface area contributed by atoms with Gasteiger partial charge in [0.2, 0.25) is 0 Å². The number of ether oxygens (including phenoxy) is 1. The van der Waals surface area contributed by atoms with Gasteiger partial charge in [-0.05, 0) is 17.7 Å². The Balaban J connectivity index is 2.91. The number of halogens is 1. The highest BCUT2D eigenvalue weighted by molar-refractivity contribution is 9.10. The van der Waals surface area contributed by atoms with Crippen LogP contribution in [0.25, 0.3) is 0 Å². The van der Waals surface area contributed by atoms with Crippen LogP contribution in [0, 0.1) is 0 Å². The first kappa shape index (κ1) is 10.6. The number of rotatable bonds is 3. The van der Waals surface area contributed by atoms with E-state index in [2.05, 4.69) is 28.6 Å². The quantitative estimate of drug-likeness (QED) is 0.846. The molecule has 1 aromatic rings. The Kier molecular flexibility index (Phi) is 3.81. The number of carbonyl (C=O) groups excluding carboxylic acids is 1. The second-order valence-corrected chi connectivity index (χ2v) is 3.88. The van der Waals surface area contributed by atoms with Gasteiger partial charge in [-0.2, -0.15) is 0 Å². The zero-order valence-corrected chi connectivity index (χ0v) is 9.56. The fourth-order valence-corrected chi connectivity index (χ4v) is 1.63. The molecule has 0 saturated carbocycles. The summed E-state index contributed by atoms with van der Waals surface area (Å²) in [4.78, 5) is 10.7. The standard InChI is InChI=1S/C9H9BrO2S/c1-12-7-3-2-6(4-9(11)13)8(10)5-7/h2-3,5H,4H2,1H3,(H,11,13). The SMILES string of the molecule is COc1ccc(CC(=O)S)c(Br)c1. The van der Waals surface area contributed by atoms with E-state index >= 15 is 0 Å². The predicted molar refractivity (Wildman–Crippen MR) is 58.4 cm³/mol. The molecule has 1 rings (SSSR count). The molecule has 70 valence electrons. The summed E-state index contributed by atoms with van der Waals surface area (Å²) in [6.45, 7) is 0. The average Bonchev–Trinajstić information content (AvgIpc) is 2.08. The van der Waals surface area contributed by atoms with E-state index in [1.54, 1.807) is 7.11 Å². The monoisotopic (exact) mass is 260 g/mol. The highest BCUT2D eigenvalue weighted by Crippen LogP contribution is 2.23. The molecule has 0 bridgehead atoms. The minimum absolute atomic E-state index is 0.147. The van der Waals surface area contributed by atoms with Crippen LogP contribution < -0.4 is 4.74 Å². The number of benzene rings is 1. The van der Waals surface area contributed by atoms with E-state index in [-0.39, 0.29) is 5.12 Å². The van der Waals surface area contributed by atoms with Gasteiger partial charge in [0.1, 0.15) is 5.75 Å². The maximum Gasteiger partial charge on any atom is 0.190 e. The first-order chi connectivity index (χ1) is 6.13. The van der Waals surface area contributed by atoms with Crippen molar-refractivity contribution in [1.82, 2.24) is 0 Å². The van der Waals surface area contributed by atoms with Crippen LogP contribution in [0.1, 0.15) is 5.56 Å². The molecule has 0 aromatic heterocycles. The van der Waals surface area contributed by atoms with Gasteiger partial charge in [-0.25, -0.2) is 0 Å². The fraction of sp³-hybridized carbons (Fsp3) is 0.222. The zero-order valence-electron chi connectivity index (χ0n) is 7.08. The van der Waals surface area contributed by atoms with E-state index in [0.717, 1.165) is 15.8 Å². The van der Waals surface area contributed by atoms with Gasteiger partial charge in [0, 0.05) is 10.9 Å². The number of carbonyl (C=O) groups is 1. The van der Waals surface area contributed by atoms with E-state index in [0.29, 0.717) is 6.42 Å². The van der Waals surface area contributed by atoms with Gasteiger partial charge in [0.15, 0.2) is 5.12 Å². The molecule has 0 spiro atoms. The van der Waals surface area contributed by atoms with Crippen LogP contribution in [0.5, 0.6) is 5.75 Å². The van der Waals surface area contributed by atoms with Gasteiger partial charge in [0.05, 0.1) is 7.11 Å². The normalized spacial score (nSPS) is 9.77. The van der Waals surface area contributed by atoms with Crippen LogP contribution in [0.3, 0.4) is 0 Å². The summed E-state index contributed by atoms with van der Waals surface area (Å²) < 4.78 is 5.89. The highest BCUT2D eigenvalue weighted by Gasteiger charge is 2.04. The molecule has 0 heterocycles. The lowest BCUT2D eigenvalue weighted by Crippen LogP contribution is -1.95. The molecule has 0 saturated heterocycles. The van der Waals surface area contributed by atoms with Crippen molar-refractivity contribution in [2.75, 3.05) is 7.11 Å². The van der Waals surface area contributed by atoms with Crippen molar-refractivity contribution in [3.63, 3.8) is 0 Å². The van der Waals surface area contributed by atoms with Gasteiger partial charge in [-0.3, -0.25) is 4.79 Å². The molecule has 0 radical (unpaired) electrons. The molecule has 0 aliphatic heterocycles. The van der Waals surface area contributed by atoms with Crippen LogP contribution in [0.15, 0.2) is 22.7 Å². The number of thiol groups is 1. The predicted octanol–water partition coefficient (Wildman–Crippen LogP) is 2.46. The van der Waals surface area contributed by atoms with Crippen molar-refractivity contribution in [2.24, 2.45) is 0 Å². The molecular weight excluding hydrogens is 252 g/mol. The van der Waals surface area contributed by atoms with Gasteiger partial charge in [-0.1, -0.05) is 22.0 Å². The Morgan fingerprint density at radius 2 is 2.31 bits per heavy atom. The number of hydrogen-bond donors (Lipinski definition) is 1.